The molecule has 0 atom stereocenters. The van der Waals surface area contributed by atoms with E-state index >= 15 is 0 Å². The summed E-state index contributed by atoms with van der Waals surface area (Å²) < 4.78 is 2.58. The molecule has 0 saturated heterocycles. The lowest BCUT2D eigenvalue weighted by atomic mass is 10.2. The molecule has 0 aliphatic rings. The van der Waals surface area contributed by atoms with E-state index in [-0.39, 0.29) is 0 Å². The normalized spacial score (nSPS) is 10.8. The fourth-order valence-electron chi connectivity index (χ4n) is 1.98. The second-order valence-corrected chi connectivity index (χ2v) is 5.97. The molecule has 0 aliphatic heterocycles. The molecule has 0 saturated carbocycles. The van der Waals surface area contributed by atoms with E-state index < -0.39 is 0 Å². The largest absolute Gasteiger partial charge is 0.268 e. The van der Waals surface area contributed by atoms with E-state index in [9.17, 15) is 0 Å². The maximum absolute atomic E-state index is 5.34. The van der Waals surface area contributed by atoms with Crippen molar-refractivity contribution in [1.29, 1.82) is 0 Å². The average Bonchev–Trinajstić information content (AvgIpc) is 2.97. The maximum Gasteiger partial charge on any atom is 0.200 e. The Bertz CT molecular complexity index is 763. The van der Waals surface area contributed by atoms with Crippen molar-refractivity contribution in [2.24, 2.45) is 0 Å². The number of H-pyrrole nitrogens is 1. The molecule has 1 N–H and O–H groups in total. The number of nitrogens with zero attached hydrogens (tertiary/aromatic N) is 2. The number of nitrogens with one attached hydrogen (secondary N) is 1. The highest BCUT2D eigenvalue weighted by Crippen LogP contribution is 2.26. The first-order chi connectivity index (χ1) is 9.15. The Kier molecular flexibility index (Phi) is 3.08. The van der Waals surface area contributed by atoms with Crippen LogP contribution in [0.5, 0.6) is 0 Å². The summed E-state index contributed by atoms with van der Waals surface area (Å²) in [5.41, 5.74) is 3.35. The monoisotopic (exact) mass is 287 g/mol. The lowest BCUT2D eigenvalue weighted by Gasteiger charge is -2.05. The summed E-state index contributed by atoms with van der Waals surface area (Å²) in [6, 6.07) is 10.4. The molecule has 96 valence electrons. The second-order valence-electron chi connectivity index (χ2n) is 4.47. The van der Waals surface area contributed by atoms with Gasteiger partial charge in [-0.3, -0.25) is 9.67 Å². The molecule has 3 rings (SSSR count). The Morgan fingerprint density at radius 3 is 2.58 bits per heavy atom. The van der Waals surface area contributed by atoms with Crippen molar-refractivity contribution >= 4 is 23.6 Å². The zero-order valence-electron chi connectivity index (χ0n) is 10.7. The Morgan fingerprint density at radius 2 is 1.95 bits per heavy atom. The van der Waals surface area contributed by atoms with Crippen molar-refractivity contribution in [3.05, 3.63) is 50.9 Å². The molecule has 0 bridgehead atoms. The van der Waals surface area contributed by atoms with Crippen LogP contribution >= 0.6 is 23.6 Å². The Labute approximate surface area is 120 Å². The number of thiophene rings is 1. The Morgan fingerprint density at radius 1 is 1.21 bits per heavy atom. The van der Waals surface area contributed by atoms with Crippen LogP contribution in [0.3, 0.4) is 0 Å². The van der Waals surface area contributed by atoms with Crippen LogP contribution in [0.1, 0.15) is 10.4 Å². The van der Waals surface area contributed by atoms with E-state index in [1.165, 1.54) is 10.4 Å². The van der Waals surface area contributed by atoms with Gasteiger partial charge in [-0.15, -0.1) is 11.3 Å². The summed E-state index contributed by atoms with van der Waals surface area (Å²) in [6.45, 7) is 4.16. The summed E-state index contributed by atoms with van der Waals surface area (Å²) in [6.07, 6.45) is 0. The summed E-state index contributed by atoms with van der Waals surface area (Å²) in [7, 11) is 0. The van der Waals surface area contributed by atoms with Gasteiger partial charge in [0.1, 0.15) is 0 Å². The molecule has 0 fully saturated rings. The fourth-order valence-corrected chi connectivity index (χ4v) is 2.90. The molecule has 0 unspecified atom stereocenters. The lowest BCUT2D eigenvalue weighted by Crippen LogP contribution is -1.97. The third-order valence-corrected chi connectivity index (χ3v) is 4.09. The third kappa shape index (κ3) is 2.27. The highest BCUT2D eigenvalue weighted by atomic mass is 32.1. The van der Waals surface area contributed by atoms with Gasteiger partial charge in [0, 0.05) is 21.5 Å². The van der Waals surface area contributed by atoms with Crippen LogP contribution in [0.25, 0.3) is 17.1 Å². The van der Waals surface area contributed by atoms with Crippen molar-refractivity contribution in [2.75, 3.05) is 0 Å². The first-order valence-electron chi connectivity index (χ1n) is 5.95. The molecule has 0 spiro atoms. The summed E-state index contributed by atoms with van der Waals surface area (Å²) in [5.74, 6) is 0.859. The summed E-state index contributed by atoms with van der Waals surface area (Å²) in [4.78, 5) is 1.26. The van der Waals surface area contributed by atoms with E-state index in [4.69, 9.17) is 12.2 Å². The third-order valence-electron chi connectivity index (χ3n) is 2.95. The molecule has 3 nitrogen and oxygen atoms in total. The van der Waals surface area contributed by atoms with E-state index in [1.54, 1.807) is 11.3 Å². The van der Waals surface area contributed by atoms with Gasteiger partial charge in [0.25, 0.3) is 0 Å². The minimum Gasteiger partial charge on any atom is -0.268 e. The highest BCUT2D eigenvalue weighted by molar-refractivity contribution is 7.71. The predicted octanol–water partition coefficient (Wildman–Crippen LogP) is 4.28. The van der Waals surface area contributed by atoms with Gasteiger partial charge in [0.15, 0.2) is 10.6 Å². The lowest BCUT2D eigenvalue weighted by molar-refractivity contribution is 1.03. The number of hydrogen-bond donors (Lipinski definition) is 1. The minimum atomic E-state index is 0.614. The van der Waals surface area contributed by atoms with Gasteiger partial charge in [-0.1, -0.05) is 17.7 Å². The zero-order chi connectivity index (χ0) is 13.4. The molecular weight excluding hydrogens is 274 g/mol. The number of aromatic nitrogens is 3. The fraction of sp³-hybridized carbons (Fsp3) is 0.143. The smallest absolute Gasteiger partial charge is 0.200 e. The molecule has 0 radical (unpaired) electrons. The van der Waals surface area contributed by atoms with E-state index in [1.807, 2.05) is 4.57 Å². The zero-order valence-corrected chi connectivity index (χ0v) is 12.3. The molecule has 0 aliphatic carbocycles. The maximum atomic E-state index is 5.34. The molecule has 2 aromatic heterocycles. The van der Waals surface area contributed by atoms with E-state index in [2.05, 4.69) is 59.8 Å². The SMILES string of the molecule is Cc1ccc(-n2c(-c3csc(C)c3)n[nH]c2=S)cc1. The van der Waals surface area contributed by atoms with Gasteiger partial charge in [0.2, 0.25) is 0 Å². The predicted molar refractivity (Wildman–Crippen MR) is 81.5 cm³/mol. The minimum absolute atomic E-state index is 0.614. The van der Waals surface area contributed by atoms with Crippen LogP contribution in [-0.4, -0.2) is 14.8 Å². The molecule has 19 heavy (non-hydrogen) atoms. The van der Waals surface area contributed by atoms with Gasteiger partial charge in [0.05, 0.1) is 0 Å². The van der Waals surface area contributed by atoms with Gasteiger partial charge in [-0.25, -0.2) is 0 Å². The molecule has 3 aromatic rings. The number of hydrogen-bond acceptors (Lipinski definition) is 3. The van der Waals surface area contributed by atoms with Crippen LogP contribution < -0.4 is 0 Å². The highest BCUT2D eigenvalue weighted by Gasteiger charge is 2.11. The van der Waals surface area contributed by atoms with Crippen LogP contribution in [0.2, 0.25) is 0 Å². The van der Waals surface area contributed by atoms with E-state index in [0.29, 0.717) is 4.77 Å². The number of rotatable bonds is 2. The standard InChI is InChI=1S/C14H13N3S2/c1-9-3-5-12(6-4-9)17-13(15-16-14(17)18)11-7-10(2)19-8-11/h3-8H,1-2H3,(H,16,18). The van der Waals surface area contributed by atoms with Crippen molar-refractivity contribution in [3.8, 4) is 17.1 Å². The Balaban J connectivity index is 2.19. The van der Waals surface area contributed by atoms with Gasteiger partial charge < -0.3 is 0 Å². The van der Waals surface area contributed by atoms with Gasteiger partial charge >= 0.3 is 0 Å². The first-order valence-corrected chi connectivity index (χ1v) is 7.24. The molecule has 1 aromatic carbocycles. The molecule has 2 heterocycles. The van der Waals surface area contributed by atoms with Crippen LogP contribution in [-0.2, 0) is 0 Å². The molecule has 0 amide bonds. The summed E-state index contributed by atoms with van der Waals surface area (Å²) in [5, 5.41) is 9.33. The average molecular weight is 287 g/mol. The van der Waals surface area contributed by atoms with Crippen LogP contribution in [0.4, 0.5) is 0 Å². The molecule has 5 heteroatoms. The van der Waals surface area contributed by atoms with Gasteiger partial charge in [-0.05, 0) is 44.3 Å². The number of aromatic amines is 1. The Hall–Kier alpha value is -1.72. The van der Waals surface area contributed by atoms with E-state index in [0.717, 1.165) is 17.1 Å². The van der Waals surface area contributed by atoms with Crippen LogP contribution in [0.15, 0.2) is 35.7 Å². The molecular formula is C14H13N3S2. The quantitative estimate of drug-likeness (QED) is 0.714. The van der Waals surface area contributed by atoms with Crippen LogP contribution in [0, 0.1) is 18.6 Å². The van der Waals surface area contributed by atoms with Crippen molar-refractivity contribution in [1.82, 2.24) is 14.8 Å². The van der Waals surface area contributed by atoms with Crippen molar-refractivity contribution < 1.29 is 0 Å². The first kappa shape index (κ1) is 12.3. The summed E-state index contributed by atoms with van der Waals surface area (Å²) >= 11 is 7.06. The topological polar surface area (TPSA) is 33.6 Å². The van der Waals surface area contributed by atoms with Crippen molar-refractivity contribution in [3.63, 3.8) is 0 Å². The number of aryl methyl sites for hydroxylation is 2. The number of benzene rings is 1. The second kappa shape index (κ2) is 4.75. The van der Waals surface area contributed by atoms with Gasteiger partial charge in [-0.2, -0.15) is 5.10 Å². The van der Waals surface area contributed by atoms with Crippen molar-refractivity contribution in [2.45, 2.75) is 13.8 Å².